The molecule has 0 N–H and O–H groups in total. The van der Waals surface area contributed by atoms with Gasteiger partial charge >= 0.3 is 5.97 Å². The smallest absolute Gasteiger partial charge is 0.306 e. The van der Waals surface area contributed by atoms with E-state index in [0.717, 1.165) is 19.3 Å². The number of esters is 1. The molecule has 0 bridgehead atoms. The van der Waals surface area contributed by atoms with E-state index in [9.17, 15) is 9.59 Å². The minimum atomic E-state index is -0.359. The van der Waals surface area contributed by atoms with Crippen LogP contribution in [-0.4, -0.2) is 30.6 Å². The van der Waals surface area contributed by atoms with Crippen molar-refractivity contribution in [3.05, 3.63) is 0 Å². The highest BCUT2D eigenvalue weighted by Gasteiger charge is 2.47. The van der Waals surface area contributed by atoms with E-state index in [2.05, 4.69) is 0 Å². The molecule has 96 valence electrons. The van der Waals surface area contributed by atoms with Gasteiger partial charge in [0, 0.05) is 25.4 Å². The van der Waals surface area contributed by atoms with E-state index in [1.807, 2.05) is 6.92 Å². The van der Waals surface area contributed by atoms with Gasteiger partial charge in [-0.1, -0.05) is 0 Å². The number of hydrogen-bond donors (Lipinski definition) is 0. The van der Waals surface area contributed by atoms with Crippen molar-refractivity contribution in [1.82, 2.24) is 0 Å². The predicted octanol–water partition coefficient (Wildman–Crippen LogP) is 1.86. The summed E-state index contributed by atoms with van der Waals surface area (Å²) >= 11 is 0. The van der Waals surface area contributed by atoms with Crippen LogP contribution in [0.3, 0.4) is 0 Å². The van der Waals surface area contributed by atoms with Crippen LogP contribution in [0.4, 0.5) is 0 Å². The summed E-state index contributed by atoms with van der Waals surface area (Å²) in [5.41, 5.74) is -0.359. The van der Waals surface area contributed by atoms with Gasteiger partial charge in [-0.05, 0) is 26.2 Å². The molecule has 0 aromatic heterocycles. The van der Waals surface area contributed by atoms with Gasteiger partial charge in [0.15, 0.2) is 0 Å². The van der Waals surface area contributed by atoms with E-state index in [0.29, 0.717) is 32.5 Å². The number of rotatable bonds is 3. The average Bonchev–Trinajstić information content (AvgIpc) is 2.61. The van der Waals surface area contributed by atoms with Gasteiger partial charge < -0.3 is 9.47 Å². The maximum atomic E-state index is 11.6. The van der Waals surface area contributed by atoms with E-state index >= 15 is 0 Å². The highest BCUT2D eigenvalue weighted by Crippen LogP contribution is 2.44. The molecule has 2 atom stereocenters. The first-order chi connectivity index (χ1) is 8.16. The average molecular weight is 240 g/mol. The van der Waals surface area contributed by atoms with Gasteiger partial charge in [-0.2, -0.15) is 0 Å². The summed E-state index contributed by atoms with van der Waals surface area (Å²) in [6.45, 7) is 2.89. The first-order valence-electron chi connectivity index (χ1n) is 6.47. The Morgan fingerprint density at radius 3 is 3.12 bits per heavy atom. The van der Waals surface area contributed by atoms with Crippen LogP contribution >= 0.6 is 0 Å². The van der Waals surface area contributed by atoms with Crippen molar-refractivity contribution in [3.8, 4) is 0 Å². The number of carbonyl (C=O) groups is 2. The van der Waals surface area contributed by atoms with Gasteiger partial charge in [-0.15, -0.1) is 0 Å². The monoisotopic (exact) mass is 240 g/mol. The maximum Gasteiger partial charge on any atom is 0.306 e. The second kappa shape index (κ2) is 5.17. The Bertz CT molecular complexity index is 313. The Morgan fingerprint density at radius 2 is 2.41 bits per heavy atom. The fraction of sp³-hybridized carbons (Fsp3) is 0.846. The molecule has 2 rings (SSSR count). The van der Waals surface area contributed by atoms with Gasteiger partial charge in [-0.25, -0.2) is 0 Å². The molecule has 2 fully saturated rings. The SMILES string of the molecule is CCOC(=O)C[C@@H]1CCO[C@]12CCCC(=O)C2. The topological polar surface area (TPSA) is 52.6 Å². The molecule has 17 heavy (non-hydrogen) atoms. The van der Waals surface area contributed by atoms with Crippen molar-refractivity contribution in [1.29, 1.82) is 0 Å². The largest absolute Gasteiger partial charge is 0.466 e. The van der Waals surface area contributed by atoms with Crippen LogP contribution in [0.15, 0.2) is 0 Å². The normalized spacial score (nSPS) is 33.0. The van der Waals surface area contributed by atoms with Crippen LogP contribution in [0.5, 0.6) is 0 Å². The van der Waals surface area contributed by atoms with Crippen molar-refractivity contribution in [2.75, 3.05) is 13.2 Å². The molecule has 0 amide bonds. The molecular weight excluding hydrogens is 220 g/mol. The molecule has 0 radical (unpaired) electrons. The van der Waals surface area contributed by atoms with Crippen LogP contribution in [0.2, 0.25) is 0 Å². The second-order valence-corrected chi connectivity index (χ2v) is 4.98. The van der Waals surface area contributed by atoms with E-state index in [1.165, 1.54) is 0 Å². The Labute approximate surface area is 102 Å². The predicted molar refractivity (Wildman–Crippen MR) is 61.5 cm³/mol. The lowest BCUT2D eigenvalue weighted by atomic mass is 9.74. The molecular formula is C13H20O4. The van der Waals surface area contributed by atoms with Gasteiger partial charge in [0.1, 0.15) is 5.78 Å². The number of ketones is 1. The third-order valence-electron chi connectivity index (χ3n) is 3.87. The van der Waals surface area contributed by atoms with Crippen LogP contribution in [0.1, 0.15) is 45.4 Å². The van der Waals surface area contributed by atoms with Crippen molar-refractivity contribution >= 4 is 11.8 Å². The lowest BCUT2D eigenvalue weighted by Crippen LogP contribution is -2.41. The van der Waals surface area contributed by atoms with Crippen molar-refractivity contribution in [2.24, 2.45) is 5.92 Å². The molecule has 1 saturated carbocycles. The first-order valence-corrected chi connectivity index (χ1v) is 6.47. The fourth-order valence-corrected chi connectivity index (χ4v) is 3.06. The molecule has 1 heterocycles. The zero-order valence-corrected chi connectivity index (χ0v) is 10.4. The highest BCUT2D eigenvalue weighted by atomic mass is 16.5. The van der Waals surface area contributed by atoms with Gasteiger partial charge in [-0.3, -0.25) is 9.59 Å². The van der Waals surface area contributed by atoms with Crippen molar-refractivity contribution < 1.29 is 19.1 Å². The minimum Gasteiger partial charge on any atom is -0.466 e. The lowest BCUT2D eigenvalue weighted by Gasteiger charge is -2.36. The number of carbonyl (C=O) groups excluding carboxylic acids is 2. The summed E-state index contributed by atoms with van der Waals surface area (Å²) in [5.74, 6) is 0.262. The highest BCUT2D eigenvalue weighted by molar-refractivity contribution is 5.80. The zero-order chi connectivity index (χ0) is 12.3. The summed E-state index contributed by atoms with van der Waals surface area (Å²) in [6.07, 6.45) is 4.20. The minimum absolute atomic E-state index is 0.158. The van der Waals surface area contributed by atoms with E-state index < -0.39 is 0 Å². The zero-order valence-electron chi connectivity index (χ0n) is 10.4. The van der Waals surface area contributed by atoms with E-state index in [4.69, 9.17) is 9.47 Å². The third-order valence-corrected chi connectivity index (χ3v) is 3.87. The molecule has 0 unspecified atom stereocenters. The molecule has 1 aliphatic heterocycles. The Hall–Kier alpha value is -0.900. The summed E-state index contributed by atoms with van der Waals surface area (Å²) in [4.78, 5) is 23.1. The van der Waals surface area contributed by atoms with Crippen molar-refractivity contribution in [3.63, 3.8) is 0 Å². The summed E-state index contributed by atoms with van der Waals surface area (Å²) < 4.78 is 10.8. The van der Waals surface area contributed by atoms with Crippen LogP contribution in [0.25, 0.3) is 0 Å². The molecule has 1 spiro atoms. The Balaban J connectivity index is 2.00. The van der Waals surface area contributed by atoms with E-state index in [1.54, 1.807) is 0 Å². The molecule has 0 aromatic carbocycles. The van der Waals surface area contributed by atoms with Crippen molar-refractivity contribution in [2.45, 2.75) is 51.0 Å². The molecule has 2 aliphatic rings. The van der Waals surface area contributed by atoms with Gasteiger partial charge in [0.25, 0.3) is 0 Å². The summed E-state index contributed by atoms with van der Waals surface area (Å²) in [5, 5.41) is 0. The number of Topliss-reactive ketones (excluding diaryl/α,β-unsaturated/α-hetero) is 1. The van der Waals surface area contributed by atoms with Crippen LogP contribution < -0.4 is 0 Å². The van der Waals surface area contributed by atoms with Gasteiger partial charge in [0.2, 0.25) is 0 Å². The maximum absolute atomic E-state index is 11.6. The van der Waals surface area contributed by atoms with Gasteiger partial charge in [0.05, 0.1) is 18.6 Å². The molecule has 0 aromatic rings. The molecule has 1 aliphatic carbocycles. The van der Waals surface area contributed by atoms with Crippen LogP contribution in [0, 0.1) is 5.92 Å². The van der Waals surface area contributed by atoms with Crippen LogP contribution in [-0.2, 0) is 19.1 Å². The Morgan fingerprint density at radius 1 is 1.59 bits per heavy atom. The van der Waals surface area contributed by atoms with E-state index in [-0.39, 0.29) is 23.3 Å². The quantitative estimate of drug-likeness (QED) is 0.706. The summed E-state index contributed by atoms with van der Waals surface area (Å²) in [7, 11) is 0. The molecule has 4 heteroatoms. The molecule has 4 nitrogen and oxygen atoms in total. The molecule has 1 saturated heterocycles. The Kier molecular flexibility index (Phi) is 3.82. The standard InChI is InChI=1S/C13H20O4/c1-2-16-12(15)8-10-5-7-17-13(10)6-3-4-11(14)9-13/h10H,2-9H2,1H3/t10-,13-/m0/s1. The number of hydrogen-bond acceptors (Lipinski definition) is 4. The fourth-order valence-electron chi connectivity index (χ4n) is 3.06. The third kappa shape index (κ3) is 2.68. The number of ether oxygens (including phenoxy) is 2. The first kappa shape index (κ1) is 12.6. The lowest BCUT2D eigenvalue weighted by molar-refractivity contribution is -0.148. The summed E-state index contributed by atoms with van der Waals surface area (Å²) in [6, 6.07) is 0. The second-order valence-electron chi connectivity index (χ2n) is 4.98.